The lowest BCUT2D eigenvalue weighted by atomic mass is 10.1. The van der Waals surface area contributed by atoms with E-state index in [1.165, 1.54) is 5.56 Å². The van der Waals surface area contributed by atoms with Gasteiger partial charge in [-0.1, -0.05) is 42.5 Å². The second-order valence-electron chi connectivity index (χ2n) is 5.85. The zero-order valence-electron chi connectivity index (χ0n) is 13.7. The monoisotopic (exact) mass is 342 g/mol. The quantitative estimate of drug-likeness (QED) is 0.542. The van der Waals surface area contributed by atoms with Gasteiger partial charge in [0.15, 0.2) is 17.1 Å². The smallest absolute Gasteiger partial charge is 0.189 e. The van der Waals surface area contributed by atoms with Crippen molar-refractivity contribution in [2.75, 3.05) is 0 Å². The Hall–Kier alpha value is -3.74. The summed E-state index contributed by atoms with van der Waals surface area (Å²) in [5, 5.41) is 12.0. The minimum atomic E-state index is 0.283. The Labute approximate surface area is 148 Å². The van der Waals surface area contributed by atoms with Crippen LogP contribution >= 0.6 is 0 Å². The highest BCUT2D eigenvalue weighted by Crippen LogP contribution is 2.22. The number of H-pyrrole nitrogens is 1. The van der Waals surface area contributed by atoms with Crippen LogP contribution in [0, 0.1) is 0 Å². The second kappa shape index (κ2) is 5.96. The first-order valence-corrected chi connectivity index (χ1v) is 8.18. The first-order chi connectivity index (χ1) is 12.9. The predicted octanol–water partition coefficient (Wildman–Crippen LogP) is 3.25. The normalized spacial score (nSPS) is 11.2. The van der Waals surface area contributed by atoms with E-state index in [9.17, 15) is 0 Å². The van der Waals surface area contributed by atoms with Crippen molar-refractivity contribution in [3.8, 4) is 16.9 Å². The number of hydrogen-bond acceptors (Lipinski definition) is 5. The van der Waals surface area contributed by atoms with E-state index in [0.717, 1.165) is 16.7 Å². The highest BCUT2D eigenvalue weighted by atomic mass is 16.5. The van der Waals surface area contributed by atoms with Crippen LogP contribution in [0.15, 0.2) is 67.1 Å². The van der Waals surface area contributed by atoms with Gasteiger partial charge >= 0.3 is 0 Å². The van der Waals surface area contributed by atoms with E-state index >= 15 is 0 Å². The molecule has 0 spiro atoms. The molecule has 0 radical (unpaired) electrons. The van der Waals surface area contributed by atoms with Crippen molar-refractivity contribution < 1.29 is 4.74 Å². The first-order valence-electron chi connectivity index (χ1n) is 8.18. The van der Waals surface area contributed by atoms with Crippen molar-refractivity contribution in [2.45, 2.75) is 6.61 Å². The molecule has 0 unspecified atom stereocenters. The third-order valence-corrected chi connectivity index (χ3v) is 4.16. The number of nitrogens with zero attached hydrogens (tertiary/aromatic N) is 5. The highest BCUT2D eigenvalue weighted by molar-refractivity contribution is 5.87. The molecule has 0 amide bonds. The van der Waals surface area contributed by atoms with Crippen LogP contribution in [0.5, 0.6) is 5.75 Å². The highest BCUT2D eigenvalue weighted by Gasteiger charge is 2.10. The van der Waals surface area contributed by atoms with E-state index in [1.54, 1.807) is 17.0 Å². The maximum atomic E-state index is 5.82. The summed E-state index contributed by atoms with van der Waals surface area (Å²) in [5.74, 6) is 1.36. The van der Waals surface area contributed by atoms with Gasteiger partial charge in [-0.3, -0.25) is 5.10 Å². The maximum absolute atomic E-state index is 5.82. The molecule has 126 valence electrons. The van der Waals surface area contributed by atoms with E-state index < -0.39 is 0 Å². The molecule has 0 saturated carbocycles. The molecule has 0 saturated heterocycles. The number of aromatic amines is 1. The van der Waals surface area contributed by atoms with Gasteiger partial charge in [0.25, 0.3) is 0 Å². The lowest BCUT2D eigenvalue weighted by molar-refractivity contribution is 0.296. The van der Waals surface area contributed by atoms with Gasteiger partial charge in [0, 0.05) is 0 Å². The summed E-state index contributed by atoms with van der Waals surface area (Å²) < 4.78 is 7.46. The van der Waals surface area contributed by atoms with Gasteiger partial charge in [-0.15, -0.1) is 5.10 Å². The fourth-order valence-corrected chi connectivity index (χ4v) is 2.87. The van der Waals surface area contributed by atoms with Gasteiger partial charge in [-0.25, -0.2) is 14.5 Å². The summed E-state index contributed by atoms with van der Waals surface area (Å²) in [7, 11) is 0. The molecule has 2 aromatic carbocycles. The Morgan fingerprint density at radius 1 is 0.962 bits per heavy atom. The Balaban J connectivity index is 1.35. The van der Waals surface area contributed by atoms with Crippen molar-refractivity contribution in [3.05, 3.63) is 72.9 Å². The van der Waals surface area contributed by atoms with Crippen LogP contribution in [-0.4, -0.2) is 29.8 Å². The molecule has 7 heteroatoms. The van der Waals surface area contributed by atoms with Crippen LogP contribution in [0.3, 0.4) is 0 Å². The largest absolute Gasteiger partial charge is 0.486 e. The molecule has 5 rings (SSSR count). The van der Waals surface area contributed by atoms with Crippen molar-refractivity contribution in [1.82, 2.24) is 29.8 Å². The van der Waals surface area contributed by atoms with Gasteiger partial charge in [0.1, 0.15) is 18.7 Å². The summed E-state index contributed by atoms with van der Waals surface area (Å²) >= 11 is 0. The fraction of sp³-hybridized carbons (Fsp3) is 0.0526. The molecule has 3 aromatic heterocycles. The van der Waals surface area contributed by atoms with Crippen LogP contribution in [0.2, 0.25) is 0 Å². The number of ether oxygens (including phenoxy) is 1. The van der Waals surface area contributed by atoms with Gasteiger partial charge in [0.05, 0.1) is 11.6 Å². The van der Waals surface area contributed by atoms with Gasteiger partial charge in [-0.2, -0.15) is 5.10 Å². The number of fused-ring (bicyclic) bond motifs is 3. The van der Waals surface area contributed by atoms with Crippen molar-refractivity contribution in [1.29, 1.82) is 0 Å². The first kappa shape index (κ1) is 14.6. The van der Waals surface area contributed by atoms with E-state index in [2.05, 4.69) is 37.4 Å². The van der Waals surface area contributed by atoms with E-state index in [-0.39, 0.29) is 6.61 Å². The zero-order valence-corrected chi connectivity index (χ0v) is 13.7. The Kier molecular flexibility index (Phi) is 3.35. The molecular formula is C19H14N6O. The molecule has 3 heterocycles. The summed E-state index contributed by atoms with van der Waals surface area (Å²) in [4.78, 5) is 8.76. The molecule has 0 aliphatic carbocycles. The lowest BCUT2D eigenvalue weighted by Crippen LogP contribution is -1.98. The Bertz CT molecular complexity index is 1180. The van der Waals surface area contributed by atoms with E-state index in [1.807, 2.05) is 42.5 Å². The fourth-order valence-electron chi connectivity index (χ4n) is 2.87. The summed E-state index contributed by atoms with van der Waals surface area (Å²) in [6.07, 6.45) is 3.31. The van der Waals surface area contributed by atoms with Crippen LogP contribution in [0.4, 0.5) is 0 Å². The van der Waals surface area contributed by atoms with Crippen LogP contribution in [0.1, 0.15) is 5.82 Å². The molecule has 1 N–H and O–H groups in total. The number of rotatable bonds is 4. The second-order valence-corrected chi connectivity index (χ2v) is 5.85. The van der Waals surface area contributed by atoms with Gasteiger partial charge in [-0.05, 0) is 23.3 Å². The minimum Gasteiger partial charge on any atom is -0.486 e. The molecular weight excluding hydrogens is 328 g/mol. The van der Waals surface area contributed by atoms with Crippen molar-refractivity contribution >= 4 is 16.7 Å². The summed E-state index contributed by atoms with van der Waals surface area (Å²) in [6, 6.07) is 18.2. The molecule has 26 heavy (non-hydrogen) atoms. The molecule has 7 nitrogen and oxygen atoms in total. The third-order valence-electron chi connectivity index (χ3n) is 4.16. The van der Waals surface area contributed by atoms with Crippen LogP contribution in [-0.2, 0) is 6.61 Å². The minimum absolute atomic E-state index is 0.283. The molecule has 0 fully saturated rings. The molecule has 0 bridgehead atoms. The predicted molar refractivity (Wildman–Crippen MR) is 96.6 cm³/mol. The summed E-state index contributed by atoms with van der Waals surface area (Å²) in [6.45, 7) is 0.283. The Morgan fingerprint density at radius 3 is 2.62 bits per heavy atom. The van der Waals surface area contributed by atoms with Crippen molar-refractivity contribution in [3.63, 3.8) is 0 Å². The summed E-state index contributed by atoms with van der Waals surface area (Å²) in [5.41, 5.74) is 3.73. The third kappa shape index (κ3) is 2.55. The zero-order chi connectivity index (χ0) is 17.3. The topological polar surface area (TPSA) is 81.0 Å². The number of nitrogens with one attached hydrogen (secondary N) is 1. The van der Waals surface area contributed by atoms with Crippen LogP contribution in [0.25, 0.3) is 27.8 Å². The average Bonchev–Trinajstić information content (AvgIpc) is 3.33. The SMILES string of the molecule is c1ccc(-c2ccc(OCc3nc4c5cn[nH]c5ncn4n3)cc2)cc1. The maximum Gasteiger partial charge on any atom is 0.189 e. The van der Waals surface area contributed by atoms with Gasteiger partial charge in [0.2, 0.25) is 0 Å². The lowest BCUT2D eigenvalue weighted by Gasteiger charge is -2.05. The molecule has 0 aliphatic rings. The number of hydrogen-bond donors (Lipinski definition) is 1. The molecule has 0 atom stereocenters. The number of aromatic nitrogens is 6. The number of benzene rings is 2. The standard InChI is InChI=1S/C19H14N6O/c1-2-4-13(5-3-1)14-6-8-15(9-7-14)26-11-17-22-19-16-10-21-23-18(16)20-12-25(19)24-17/h1-10,12H,11H2,(H,21,23). The van der Waals surface area contributed by atoms with E-state index in [0.29, 0.717) is 17.1 Å². The average molecular weight is 342 g/mol. The van der Waals surface area contributed by atoms with Gasteiger partial charge < -0.3 is 4.74 Å². The van der Waals surface area contributed by atoms with Crippen molar-refractivity contribution in [2.24, 2.45) is 0 Å². The molecule has 0 aliphatic heterocycles. The Morgan fingerprint density at radius 2 is 1.77 bits per heavy atom. The molecule has 5 aromatic rings. The van der Waals surface area contributed by atoms with E-state index in [4.69, 9.17) is 4.74 Å². The van der Waals surface area contributed by atoms with Crippen LogP contribution < -0.4 is 4.74 Å².